The Hall–Kier alpha value is -1.38. The standard InChI is InChI=1S/C7H10N6OS/c8-12-7-10-5-4(3-9-13-5)6(11-7)15-2-1-14/h3,14H,1-2,8H2,(H2,9,10,11,12,13). The second-order valence-corrected chi connectivity index (χ2v) is 3.78. The molecule has 0 aromatic carbocycles. The number of aliphatic hydroxyl groups is 1. The third kappa shape index (κ3) is 2.01. The Labute approximate surface area is 89.5 Å². The molecule has 2 heterocycles. The van der Waals surface area contributed by atoms with Gasteiger partial charge in [-0.1, -0.05) is 0 Å². The minimum Gasteiger partial charge on any atom is -0.396 e. The maximum absolute atomic E-state index is 8.75. The van der Waals surface area contributed by atoms with Gasteiger partial charge < -0.3 is 5.11 Å². The summed E-state index contributed by atoms with van der Waals surface area (Å²) < 4.78 is 0. The van der Waals surface area contributed by atoms with Gasteiger partial charge in [0.15, 0.2) is 5.65 Å². The quantitative estimate of drug-likeness (QED) is 0.245. The molecule has 15 heavy (non-hydrogen) atoms. The zero-order chi connectivity index (χ0) is 10.7. The summed E-state index contributed by atoms with van der Waals surface area (Å²) in [7, 11) is 0. The summed E-state index contributed by atoms with van der Waals surface area (Å²) in [5, 5.41) is 16.9. The van der Waals surface area contributed by atoms with Crippen LogP contribution in [0.3, 0.4) is 0 Å². The highest BCUT2D eigenvalue weighted by Gasteiger charge is 2.08. The number of H-pyrrole nitrogens is 1. The molecule has 8 heteroatoms. The van der Waals surface area contributed by atoms with Crippen LogP contribution >= 0.6 is 11.8 Å². The molecular formula is C7H10N6OS. The highest BCUT2D eigenvalue weighted by molar-refractivity contribution is 7.99. The summed E-state index contributed by atoms with van der Waals surface area (Å²) in [5.41, 5.74) is 3.00. The van der Waals surface area contributed by atoms with E-state index >= 15 is 0 Å². The Morgan fingerprint density at radius 3 is 3.13 bits per heavy atom. The van der Waals surface area contributed by atoms with E-state index in [9.17, 15) is 0 Å². The molecule has 0 saturated carbocycles. The van der Waals surface area contributed by atoms with Crippen LogP contribution in [-0.2, 0) is 0 Å². The van der Waals surface area contributed by atoms with Crippen molar-refractivity contribution in [3.8, 4) is 0 Å². The number of aromatic nitrogens is 4. The third-order valence-electron chi connectivity index (χ3n) is 1.73. The van der Waals surface area contributed by atoms with Crippen molar-refractivity contribution >= 4 is 28.7 Å². The van der Waals surface area contributed by atoms with Gasteiger partial charge in [-0.2, -0.15) is 10.1 Å². The highest BCUT2D eigenvalue weighted by Crippen LogP contribution is 2.24. The number of hydrogen-bond donors (Lipinski definition) is 4. The monoisotopic (exact) mass is 226 g/mol. The van der Waals surface area contributed by atoms with E-state index in [1.807, 2.05) is 0 Å². The average Bonchev–Trinajstić information content (AvgIpc) is 2.73. The summed E-state index contributed by atoms with van der Waals surface area (Å²) in [6.45, 7) is 0.0966. The molecular weight excluding hydrogens is 216 g/mol. The molecule has 7 nitrogen and oxygen atoms in total. The van der Waals surface area contributed by atoms with Crippen LogP contribution in [0.4, 0.5) is 5.95 Å². The summed E-state index contributed by atoms with van der Waals surface area (Å²) in [6, 6.07) is 0. The van der Waals surface area contributed by atoms with Crippen LogP contribution in [0.15, 0.2) is 11.2 Å². The summed E-state index contributed by atoms with van der Waals surface area (Å²) in [5.74, 6) is 6.14. The van der Waals surface area contributed by atoms with Crippen LogP contribution in [-0.4, -0.2) is 37.6 Å². The zero-order valence-electron chi connectivity index (χ0n) is 7.77. The predicted molar refractivity (Wildman–Crippen MR) is 57.3 cm³/mol. The van der Waals surface area contributed by atoms with Crippen LogP contribution in [0.5, 0.6) is 0 Å². The van der Waals surface area contributed by atoms with E-state index in [2.05, 4.69) is 25.6 Å². The lowest BCUT2D eigenvalue weighted by molar-refractivity contribution is 0.322. The molecule has 2 rings (SSSR count). The van der Waals surface area contributed by atoms with Crippen molar-refractivity contribution in [2.45, 2.75) is 5.03 Å². The second kappa shape index (κ2) is 4.43. The van der Waals surface area contributed by atoms with Crippen molar-refractivity contribution < 1.29 is 5.11 Å². The largest absolute Gasteiger partial charge is 0.396 e. The van der Waals surface area contributed by atoms with Crippen molar-refractivity contribution in [2.24, 2.45) is 5.84 Å². The van der Waals surface area contributed by atoms with Crippen LogP contribution in [0, 0.1) is 0 Å². The molecule has 0 aliphatic rings. The molecule has 0 unspecified atom stereocenters. The number of nitrogen functional groups attached to an aromatic ring is 1. The Bertz CT molecular complexity index is 458. The third-order valence-corrected chi connectivity index (χ3v) is 2.71. The fourth-order valence-electron chi connectivity index (χ4n) is 1.13. The van der Waals surface area contributed by atoms with Crippen molar-refractivity contribution in [1.82, 2.24) is 20.2 Å². The highest BCUT2D eigenvalue weighted by atomic mass is 32.2. The molecule has 0 spiro atoms. The van der Waals surface area contributed by atoms with E-state index < -0.39 is 0 Å². The Morgan fingerprint density at radius 1 is 1.53 bits per heavy atom. The number of hydrogen-bond acceptors (Lipinski definition) is 7. The van der Waals surface area contributed by atoms with E-state index in [0.29, 0.717) is 17.3 Å². The van der Waals surface area contributed by atoms with Gasteiger partial charge in [0.05, 0.1) is 18.2 Å². The molecule has 0 amide bonds. The van der Waals surface area contributed by atoms with E-state index in [0.717, 1.165) is 10.4 Å². The van der Waals surface area contributed by atoms with Gasteiger partial charge in [0.1, 0.15) is 5.03 Å². The maximum atomic E-state index is 8.75. The lowest BCUT2D eigenvalue weighted by Gasteiger charge is -2.03. The van der Waals surface area contributed by atoms with E-state index in [4.69, 9.17) is 10.9 Å². The molecule has 0 aliphatic carbocycles. The number of aliphatic hydroxyl groups excluding tert-OH is 1. The zero-order valence-corrected chi connectivity index (χ0v) is 8.58. The fourth-order valence-corrected chi connectivity index (χ4v) is 1.87. The number of nitrogens with one attached hydrogen (secondary N) is 2. The van der Waals surface area contributed by atoms with E-state index in [1.165, 1.54) is 11.8 Å². The summed E-state index contributed by atoms with van der Waals surface area (Å²) in [4.78, 5) is 8.26. The Balaban J connectivity index is 2.43. The van der Waals surface area contributed by atoms with Gasteiger partial charge in [0.2, 0.25) is 5.95 Å². The fraction of sp³-hybridized carbons (Fsp3) is 0.286. The molecule has 2 aromatic heterocycles. The second-order valence-electron chi connectivity index (χ2n) is 2.70. The number of hydrazine groups is 1. The number of nitrogens with two attached hydrogens (primary N) is 1. The molecule has 0 radical (unpaired) electrons. The van der Waals surface area contributed by atoms with Gasteiger partial charge in [-0.15, -0.1) is 11.8 Å². The number of aromatic amines is 1. The van der Waals surface area contributed by atoms with Crippen LogP contribution in [0.25, 0.3) is 11.0 Å². The number of thioether (sulfide) groups is 1. The molecule has 0 saturated heterocycles. The van der Waals surface area contributed by atoms with Gasteiger partial charge in [-0.05, 0) is 0 Å². The molecule has 5 N–H and O–H groups in total. The number of fused-ring (bicyclic) bond motifs is 1. The maximum Gasteiger partial charge on any atom is 0.240 e. The number of nitrogens with zero attached hydrogens (tertiary/aromatic N) is 3. The van der Waals surface area contributed by atoms with Gasteiger partial charge >= 0.3 is 0 Å². The average molecular weight is 226 g/mol. The van der Waals surface area contributed by atoms with Crippen LogP contribution in [0.1, 0.15) is 0 Å². The van der Waals surface area contributed by atoms with Crippen LogP contribution < -0.4 is 11.3 Å². The van der Waals surface area contributed by atoms with Crippen molar-refractivity contribution in [2.75, 3.05) is 17.8 Å². The lowest BCUT2D eigenvalue weighted by Crippen LogP contribution is -2.11. The number of anilines is 1. The van der Waals surface area contributed by atoms with Gasteiger partial charge in [-0.25, -0.2) is 10.8 Å². The van der Waals surface area contributed by atoms with Gasteiger partial charge in [0, 0.05) is 5.75 Å². The first kappa shape index (κ1) is 10.1. The first-order valence-electron chi connectivity index (χ1n) is 4.26. The van der Waals surface area contributed by atoms with E-state index in [1.54, 1.807) is 6.20 Å². The Kier molecular flexibility index (Phi) is 2.99. The first-order chi connectivity index (χ1) is 7.35. The van der Waals surface area contributed by atoms with Crippen molar-refractivity contribution in [3.63, 3.8) is 0 Å². The minimum atomic E-state index is 0.0966. The molecule has 80 valence electrons. The molecule has 0 bridgehead atoms. The van der Waals surface area contributed by atoms with Gasteiger partial charge in [-0.3, -0.25) is 10.5 Å². The summed E-state index contributed by atoms with van der Waals surface area (Å²) >= 11 is 1.43. The minimum absolute atomic E-state index is 0.0966. The van der Waals surface area contributed by atoms with Crippen molar-refractivity contribution in [1.29, 1.82) is 0 Å². The Morgan fingerprint density at radius 2 is 2.40 bits per heavy atom. The molecule has 2 aromatic rings. The van der Waals surface area contributed by atoms with Crippen LogP contribution in [0.2, 0.25) is 0 Å². The molecule has 0 fully saturated rings. The molecule has 0 aliphatic heterocycles. The van der Waals surface area contributed by atoms with E-state index in [-0.39, 0.29) is 6.61 Å². The summed E-state index contributed by atoms with van der Waals surface area (Å²) in [6.07, 6.45) is 1.65. The van der Waals surface area contributed by atoms with Gasteiger partial charge in [0.25, 0.3) is 0 Å². The smallest absolute Gasteiger partial charge is 0.240 e. The topological polar surface area (TPSA) is 113 Å². The number of rotatable bonds is 4. The SMILES string of the molecule is NNc1nc(SCCO)c2cn[nH]c2n1. The first-order valence-corrected chi connectivity index (χ1v) is 5.25. The lowest BCUT2D eigenvalue weighted by atomic mass is 10.4. The van der Waals surface area contributed by atoms with Crippen molar-refractivity contribution in [3.05, 3.63) is 6.20 Å². The molecule has 0 atom stereocenters. The normalized spacial score (nSPS) is 10.8. The predicted octanol–water partition coefficient (Wildman–Crippen LogP) is -0.277.